The molecule has 0 aliphatic carbocycles. The van der Waals surface area contributed by atoms with E-state index >= 15 is 0 Å². The maximum absolute atomic E-state index is 4.44. The van der Waals surface area contributed by atoms with E-state index in [4.69, 9.17) is 0 Å². The Balaban J connectivity index is 1.92. The molecule has 2 heterocycles. The Kier molecular flexibility index (Phi) is 5.29. The number of nitrogens with zero attached hydrogens (tertiary/aromatic N) is 3. The number of hydrogen-bond acceptors (Lipinski definition) is 4. The number of aromatic nitrogens is 3. The minimum absolute atomic E-state index is 0.827. The minimum Gasteiger partial charge on any atom is -0.274 e. The van der Waals surface area contributed by atoms with Gasteiger partial charge in [0.05, 0.1) is 0 Å². The molecular formula is C17H19N3S2. The highest BCUT2D eigenvalue weighted by Crippen LogP contribution is 2.25. The van der Waals surface area contributed by atoms with Crippen LogP contribution in [0.4, 0.5) is 0 Å². The first kappa shape index (κ1) is 15.3. The molecule has 1 aromatic carbocycles. The molecule has 0 atom stereocenters. The van der Waals surface area contributed by atoms with Crippen molar-refractivity contribution in [3.05, 3.63) is 58.5 Å². The average molecular weight is 329 g/mol. The fraction of sp³-hybridized carbons (Fsp3) is 0.294. The fourth-order valence-corrected chi connectivity index (χ4v) is 3.98. The number of hydrogen-bond donors (Lipinski definition) is 0. The van der Waals surface area contributed by atoms with Crippen LogP contribution in [0.2, 0.25) is 0 Å². The van der Waals surface area contributed by atoms with Crippen LogP contribution in [0.15, 0.2) is 53.0 Å². The highest BCUT2D eigenvalue weighted by Gasteiger charge is 2.14. The first-order valence-electron chi connectivity index (χ1n) is 7.53. The number of rotatable bonds is 7. The van der Waals surface area contributed by atoms with Gasteiger partial charge >= 0.3 is 0 Å². The van der Waals surface area contributed by atoms with Gasteiger partial charge in [-0.25, -0.2) is 0 Å². The van der Waals surface area contributed by atoms with E-state index in [2.05, 4.69) is 63.5 Å². The standard InChI is InChI=1S/C17H19N3S2/c1-2-3-11-22-17-19-18-16(13-15-10-7-12-21-15)20(17)14-8-5-4-6-9-14/h4-10,12H,2-3,11,13H2,1H3. The van der Waals surface area contributed by atoms with Crippen molar-refractivity contribution in [3.8, 4) is 5.69 Å². The molecule has 0 amide bonds. The Bertz CT molecular complexity index is 690. The molecule has 3 nitrogen and oxygen atoms in total. The normalized spacial score (nSPS) is 11.0. The maximum Gasteiger partial charge on any atom is 0.195 e. The van der Waals surface area contributed by atoms with Crippen LogP contribution in [0.25, 0.3) is 5.69 Å². The minimum atomic E-state index is 0.827. The van der Waals surface area contributed by atoms with Gasteiger partial charge in [-0.2, -0.15) is 0 Å². The zero-order chi connectivity index (χ0) is 15.2. The Labute approximate surface area is 139 Å². The molecular weight excluding hydrogens is 310 g/mol. The van der Waals surface area contributed by atoms with Gasteiger partial charge in [-0.05, 0) is 30.0 Å². The molecule has 0 spiro atoms. The molecule has 22 heavy (non-hydrogen) atoms. The van der Waals surface area contributed by atoms with Gasteiger partial charge in [-0.15, -0.1) is 21.5 Å². The van der Waals surface area contributed by atoms with E-state index in [-0.39, 0.29) is 0 Å². The quantitative estimate of drug-likeness (QED) is 0.460. The summed E-state index contributed by atoms with van der Waals surface area (Å²) in [5.74, 6) is 2.09. The molecule has 0 aliphatic heterocycles. The van der Waals surface area contributed by atoms with Crippen molar-refractivity contribution in [1.82, 2.24) is 14.8 Å². The van der Waals surface area contributed by atoms with Gasteiger partial charge in [-0.1, -0.05) is 49.4 Å². The molecule has 2 aromatic heterocycles. The van der Waals surface area contributed by atoms with Gasteiger partial charge in [-0.3, -0.25) is 4.57 Å². The summed E-state index contributed by atoms with van der Waals surface area (Å²) in [5, 5.41) is 12.0. The third kappa shape index (κ3) is 3.59. The van der Waals surface area contributed by atoms with Crippen LogP contribution in [-0.2, 0) is 6.42 Å². The van der Waals surface area contributed by atoms with Crippen molar-refractivity contribution in [2.45, 2.75) is 31.3 Å². The summed E-state index contributed by atoms with van der Waals surface area (Å²) < 4.78 is 2.19. The Morgan fingerprint density at radius 2 is 1.95 bits per heavy atom. The molecule has 0 fully saturated rings. The zero-order valence-corrected chi connectivity index (χ0v) is 14.2. The van der Waals surface area contributed by atoms with Crippen molar-refractivity contribution < 1.29 is 0 Å². The Morgan fingerprint density at radius 1 is 1.09 bits per heavy atom. The highest BCUT2D eigenvalue weighted by atomic mass is 32.2. The number of para-hydroxylation sites is 1. The highest BCUT2D eigenvalue weighted by molar-refractivity contribution is 7.99. The van der Waals surface area contributed by atoms with Gasteiger partial charge in [0.2, 0.25) is 0 Å². The van der Waals surface area contributed by atoms with Crippen LogP contribution in [0, 0.1) is 0 Å². The van der Waals surface area contributed by atoms with Crippen LogP contribution in [0.3, 0.4) is 0 Å². The smallest absolute Gasteiger partial charge is 0.195 e. The first-order valence-corrected chi connectivity index (χ1v) is 9.40. The zero-order valence-electron chi connectivity index (χ0n) is 12.6. The van der Waals surface area contributed by atoms with E-state index in [0.29, 0.717) is 0 Å². The maximum atomic E-state index is 4.44. The SMILES string of the molecule is CCCCSc1nnc(Cc2cccs2)n1-c1ccccc1. The Hall–Kier alpha value is -1.59. The predicted octanol–water partition coefficient (Wildman–Crippen LogP) is 4.81. The van der Waals surface area contributed by atoms with Crippen LogP contribution in [0.1, 0.15) is 30.5 Å². The number of benzene rings is 1. The summed E-state index contributed by atoms with van der Waals surface area (Å²) >= 11 is 3.56. The summed E-state index contributed by atoms with van der Waals surface area (Å²) in [6, 6.07) is 14.6. The van der Waals surface area contributed by atoms with Crippen LogP contribution in [0.5, 0.6) is 0 Å². The lowest BCUT2D eigenvalue weighted by Crippen LogP contribution is -2.03. The van der Waals surface area contributed by atoms with Gasteiger partial charge in [0.1, 0.15) is 5.82 Å². The van der Waals surface area contributed by atoms with E-state index in [9.17, 15) is 0 Å². The van der Waals surface area contributed by atoms with Gasteiger partial charge in [0, 0.05) is 22.7 Å². The van der Waals surface area contributed by atoms with Crippen molar-refractivity contribution in [2.75, 3.05) is 5.75 Å². The van der Waals surface area contributed by atoms with Crippen molar-refractivity contribution in [3.63, 3.8) is 0 Å². The fourth-order valence-electron chi connectivity index (χ4n) is 2.22. The molecule has 0 unspecified atom stereocenters. The molecule has 0 aliphatic rings. The molecule has 114 valence electrons. The Morgan fingerprint density at radius 3 is 2.68 bits per heavy atom. The summed E-state index contributed by atoms with van der Waals surface area (Å²) in [5.41, 5.74) is 1.14. The number of thiophene rings is 1. The van der Waals surface area contributed by atoms with Crippen molar-refractivity contribution >= 4 is 23.1 Å². The van der Waals surface area contributed by atoms with Gasteiger partial charge in [0.15, 0.2) is 5.16 Å². The molecule has 3 aromatic rings. The van der Waals surface area contributed by atoms with E-state index in [1.165, 1.54) is 17.7 Å². The molecule has 0 N–H and O–H groups in total. The lowest BCUT2D eigenvalue weighted by molar-refractivity contribution is 0.843. The summed E-state index contributed by atoms with van der Waals surface area (Å²) in [6.45, 7) is 2.21. The second-order valence-electron chi connectivity index (χ2n) is 5.03. The summed E-state index contributed by atoms with van der Waals surface area (Å²) in [4.78, 5) is 1.31. The average Bonchev–Trinajstić information content (AvgIpc) is 3.19. The first-order chi connectivity index (χ1) is 10.9. The molecule has 5 heteroatoms. The molecule has 3 rings (SSSR count). The van der Waals surface area contributed by atoms with Crippen molar-refractivity contribution in [1.29, 1.82) is 0 Å². The number of thioether (sulfide) groups is 1. The summed E-state index contributed by atoms with van der Waals surface area (Å²) in [6.07, 6.45) is 3.23. The molecule has 0 bridgehead atoms. The van der Waals surface area contributed by atoms with Crippen LogP contribution >= 0.6 is 23.1 Å². The third-order valence-corrected chi connectivity index (χ3v) is 5.25. The third-order valence-electron chi connectivity index (χ3n) is 3.36. The second kappa shape index (κ2) is 7.61. The largest absolute Gasteiger partial charge is 0.274 e. The van der Waals surface area contributed by atoms with Gasteiger partial charge < -0.3 is 0 Å². The summed E-state index contributed by atoms with van der Waals surface area (Å²) in [7, 11) is 0. The van der Waals surface area contributed by atoms with E-state index in [1.807, 2.05) is 6.07 Å². The lowest BCUT2D eigenvalue weighted by Gasteiger charge is -2.09. The van der Waals surface area contributed by atoms with Crippen LogP contribution in [-0.4, -0.2) is 20.5 Å². The predicted molar refractivity (Wildman–Crippen MR) is 94.1 cm³/mol. The lowest BCUT2D eigenvalue weighted by atomic mass is 10.3. The topological polar surface area (TPSA) is 30.7 Å². The second-order valence-corrected chi connectivity index (χ2v) is 7.12. The van der Waals surface area contributed by atoms with E-state index in [0.717, 1.165) is 28.8 Å². The molecule has 0 saturated carbocycles. The van der Waals surface area contributed by atoms with E-state index in [1.54, 1.807) is 23.1 Å². The van der Waals surface area contributed by atoms with Gasteiger partial charge in [0.25, 0.3) is 0 Å². The van der Waals surface area contributed by atoms with E-state index < -0.39 is 0 Å². The van der Waals surface area contributed by atoms with Crippen LogP contribution < -0.4 is 0 Å². The van der Waals surface area contributed by atoms with Crippen molar-refractivity contribution in [2.24, 2.45) is 0 Å². The number of unbranched alkanes of at least 4 members (excludes halogenated alkanes) is 1. The molecule has 0 radical (unpaired) electrons. The molecule has 0 saturated heterocycles. The monoisotopic (exact) mass is 329 g/mol.